The van der Waals surface area contributed by atoms with Crippen LogP contribution < -0.4 is 14.8 Å². The molecule has 0 saturated heterocycles. The van der Waals surface area contributed by atoms with Crippen LogP contribution in [0.1, 0.15) is 18.4 Å². The number of hydrogen-bond donors (Lipinski definition) is 2. The van der Waals surface area contributed by atoms with E-state index in [2.05, 4.69) is 15.0 Å². The van der Waals surface area contributed by atoms with E-state index in [1.807, 2.05) is 12.1 Å². The molecule has 29 heavy (non-hydrogen) atoms. The summed E-state index contributed by atoms with van der Waals surface area (Å²) in [5.74, 6) is 1.42. The summed E-state index contributed by atoms with van der Waals surface area (Å²) in [6, 6.07) is 13.1. The Morgan fingerprint density at radius 2 is 1.76 bits per heavy atom. The predicted molar refractivity (Wildman–Crippen MR) is 108 cm³/mol. The maximum atomic E-state index is 12.5. The van der Waals surface area contributed by atoms with Crippen molar-refractivity contribution in [3.05, 3.63) is 60.0 Å². The minimum Gasteiger partial charge on any atom is -0.497 e. The van der Waals surface area contributed by atoms with E-state index in [9.17, 15) is 13.2 Å². The standard InChI is InChI=1S/C20H21N3O5S/c1-13-19(23-20(28-13)15-4-8-17(27-3)9-5-15)12-21-29(25,26)18-10-6-16(7-11-18)22-14(2)24/h4-11,21H,12H2,1-3H3,(H,22,24). The molecule has 2 aromatic carbocycles. The van der Waals surface area contributed by atoms with E-state index >= 15 is 0 Å². The van der Waals surface area contributed by atoms with Crippen molar-refractivity contribution in [3.63, 3.8) is 0 Å². The molecule has 1 aromatic heterocycles. The number of nitrogens with one attached hydrogen (secondary N) is 2. The monoisotopic (exact) mass is 415 g/mol. The van der Waals surface area contributed by atoms with Gasteiger partial charge in [-0.3, -0.25) is 4.79 Å². The van der Waals surface area contributed by atoms with Crippen LogP contribution in [0.25, 0.3) is 11.5 Å². The molecule has 0 bridgehead atoms. The number of methoxy groups -OCH3 is 1. The molecule has 152 valence electrons. The second-order valence-electron chi connectivity index (χ2n) is 6.28. The van der Waals surface area contributed by atoms with E-state index in [4.69, 9.17) is 9.15 Å². The first-order valence-corrected chi connectivity index (χ1v) is 10.2. The maximum Gasteiger partial charge on any atom is 0.240 e. The molecule has 0 atom stereocenters. The van der Waals surface area contributed by atoms with Crippen molar-refractivity contribution in [1.29, 1.82) is 0 Å². The Morgan fingerprint density at radius 3 is 2.34 bits per heavy atom. The van der Waals surface area contributed by atoms with Crippen molar-refractivity contribution in [2.24, 2.45) is 0 Å². The van der Waals surface area contributed by atoms with Gasteiger partial charge >= 0.3 is 0 Å². The third kappa shape index (κ3) is 5.01. The lowest BCUT2D eigenvalue weighted by Gasteiger charge is -2.07. The van der Waals surface area contributed by atoms with Crippen LogP contribution in [0.15, 0.2) is 57.8 Å². The zero-order chi connectivity index (χ0) is 21.0. The fraction of sp³-hybridized carbons (Fsp3) is 0.200. The fourth-order valence-corrected chi connectivity index (χ4v) is 3.60. The number of rotatable bonds is 7. The van der Waals surface area contributed by atoms with E-state index in [0.29, 0.717) is 23.0 Å². The summed E-state index contributed by atoms with van der Waals surface area (Å²) >= 11 is 0. The summed E-state index contributed by atoms with van der Waals surface area (Å²) in [5, 5.41) is 2.59. The normalized spacial score (nSPS) is 11.3. The van der Waals surface area contributed by atoms with E-state index in [1.165, 1.54) is 31.2 Å². The number of anilines is 1. The summed E-state index contributed by atoms with van der Waals surface area (Å²) in [7, 11) is -2.16. The van der Waals surface area contributed by atoms with Crippen LogP contribution >= 0.6 is 0 Å². The number of amides is 1. The molecule has 0 fully saturated rings. The Kier molecular flexibility index (Phi) is 6.00. The molecular formula is C20H21N3O5S. The molecule has 0 saturated carbocycles. The van der Waals surface area contributed by atoms with Gasteiger partial charge in [-0.1, -0.05) is 0 Å². The van der Waals surface area contributed by atoms with Crippen LogP contribution in [0.4, 0.5) is 5.69 Å². The number of aryl methyl sites for hydroxylation is 1. The lowest BCUT2D eigenvalue weighted by Crippen LogP contribution is -2.23. The lowest BCUT2D eigenvalue weighted by molar-refractivity contribution is -0.114. The zero-order valence-corrected chi connectivity index (χ0v) is 17.0. The Morgan fingerprint density at radius 1 is 1.10 bits per heavy atom. The number of nitrogens with zero attached hydrogens (tertiary/aromatic N) is 1. The summed E-state index contributed by atoms with van der Waals surface area (Å²) in [5.41, 5.74) is 1.78. The van der Waals surface area contributed by atoms with E-state index in [0.717, 1.165) is 11.3 Å². The van der Waals surface area contributed by atoms with Gasteiger partial charge in [-0.15, -0.1) is 0 Å². The Balaban J connectivity index is 1.71. The van der Waals surface area contributed by atoms with Gasteiger partial charge in [0.2, 0.25) is 21.8 Å². The van der Waals surface area contributed by atoms with Crippen molar-refractivity contribution in [1.82, 2.24) is 9.71 Å². The molecule has 0 aliphatic rings. The van der Waals surface area contributed by atoms with Crippen LogP contribution in [-0.2, 0) is 21.4 Å². The molecule has 0 radical (unpaired) electrons. The highest BCUT2D eigenvalue weighted by molar-refractivity contribution is 7.89. The second-order valence-corrected chi connectivity index (χ2v) is 8.05. The van der Waals surface area contributed by atoms with Crippen LogP contribution in [0, 0.1) is 6.92 Å². The number of carbonyl (C=O) groups is 1. The van der Waals surface area contributed by atoms with Crippen LogP contribution in [-0.4, -0.2) is 26.4 Å². The number of hydrogen-bond acceptors (Lipinski definition) is 6. The SMILES string of the molecule is COc1ccc(-c2nc(CNS(=O)(=O)c3ccc(NC(C)=O)cc3)c(C)o2)cc1. The van der Waals surface area contributed by atoms with Gasteiger partial charge in [0.25, 0.3) is 0 Å². The van der Waals surface area contributed by atoms with Gasteiger partial charge in [0, 0.05) is 18.2 Å². The van der Waals surface area contributed by atoms with Gasteiger partial charge in [-0.2, -0.15) is 0 Å². The van der Waals surface area contributed by atoms with Crippen LogP contribution in [0.5, 0.6) is 5.75 Å². The van der Waals surface area contributed by atoms with Crippen LogP contribution in [0.3, 0.4) is 0 Å². The van der Waals surface area contributed by atoms with Gasteiger partial charge in [-0.05, 0) is 55.5 Å². The first-order valence-electron chi connectivity index (χ1n) is 8.76. The molecule has 9 heteroatoms. The third-order valence-electron chi connectivity index (χ3n) is 4.14. The first kappa shape index (κ1) is 20.6. The molecule has 2 N–H and O–H groups in total. The molecule has 1 heterocycles. The van der Waals surface area contributed by atoms with Gasteiger partial charge in [0.15, 0.2) is 0 Å². The van der Waals surface area contributed by atoms with Gasteiger partial charge in [0.1, 0.15) is 11.5 Å². The fourth-order valence-electron chi connectivity index (χ4n) is 2.62. The predicted octanol–water partition coefficient (Wildman–Crippen LogP) is 3.10. The van der Waals surface area contributed by atoms with Crippen molar-refractivity contribution in [3.8, 4) is 17.2 Å². The van der Waals surface area contributed by atoms with Crippen molar-refractivity contribution < 1.29 is 22.4 Å². The van der Waals surface area contributed by atoms with Gasteiger partial charge in [0.05, 0.1) is 24.2 Å². The topological polar surface area (TPSA) is 111 Å². The number of ether oxygens (including phenoxy) is 1. The highest BCUT2D eigenvalue weighted by atomic mass is 32.2. The average molecular weight is 415 g/mol. The molecule has 0 unspecified atom stereocenters. The highest BCUT2D eigenvalue weighted by Crippen LogP contribution is 2.24. The molecule has 0 aliphatic heterocycles. The summed E-state index contributed by atoms with van der Waals surface area (Å²) in [6.45, 7) is 3.10. The van der Waals surface area contributed by atoms with Crippen molar-refractivity contribution >= 4 is 21.6 Å². The first-order chi connectivity index (χ1) is 13.8. The molecule has 3 rings (SSSR count). The number of carbonyl (C=O) groups excluding carboxylic acids is 1. The summed E-state index contributed by atoms with van der Waals surface area (Å²) in [4.78, 5) is 15.5. The lowest BCUT2D eigenvalue weighted by atomic mass is 10.2. The molecule has 0 aliphatic carbocycles. The quantitative estimate of drug-likeness (QED) is 0.613. The smallest absolute Gasteiger partial charge is 0.240 e. The molecule has 8 nitrogen and oxygen atoms in total. The largest absolute Gasteiger partial charge is 0.497 e. The number of oxazole rings is 1. The Labute approximate surface area is 169 Å². The molecule has 0 spiro atoms. The highest BCUT2D eigenvalue weighted by Gasteiger charge is 2.17. The van der Waals surface area contributed by atoms with Crippen LogP contribution in [0.2, 0.25) is 0 Å². The van der Waals surface area contributed by atoms with E-state index < -0.39 is 10.0 Å². The van der Waals surface area contributed by atoms with E-state index in [-0.39, 0.29) is 17.3 Å². The maximum absolute atomic E-state index is 12.5. The van der Waals surface area contributed by atoms with Gasteiger partial charge in [-0.25, -0.2) is 18.1 Å². The summed E-state index contributed by atoms with van der Waals surface area (Å²) < 4.78 is 38.4. The average Bonchev–Trinajstić information content (AvgIpc) is 3.07. The van der Waals surface area contributed by atoms with E-state index in [1.54, 1.807) is 26.2 Å². The summed E-state index contributed by atoms with van der Waals surface area (Å²) in [6.07, 6.45) is 0. The molecular weight excluding hydrogens is 394 g/mol. The number of sulfonamides is 1. The van der Waals surface area contributed by atoms with Gasteiger partial charge < -0.3 is 14.5 Å². The zero-order valence-electron chi connectivity index (χ0n) is 16.2. The Hall–Kier alpha value is -3.17. The van der Waals surface area contributed by atoms with Crippen molar-refractivity contribution in [2.75, 3.05) is 12.4 Å². The number of aromatic nitrogens is 1. The molecule has 3 aromatic rings. The Bertz CT molecular complexity index is 1100. The number of benzene rings is 2. The third-order valence-corrected chi connectivity index (χ3v) is 5.56. The molecule has 1 amide bonds. The minimum absolute atomic E-state index is 0.0126. The minimum atomic E-state index is -3.75. The van der Waals surface area contributed by atoms with Crippen molar-refractivity contribution in [2.45, 2.75) is 25.3 Å². The second kappa shape index (κ2) is 8.46.